The molecule has 0 saturated heterocycles. The van der Waals surface area contributed by atoms with E-state index in [1.54, 1.807) is 0 Å². The largest absolute Gasteiger partial charge is 0.494 e. The van der Waals surface area contributed by atoms with Crippen LogP contribution in [0.25, 0.3) is 0 Å². The third-order valence-corrected chi connectivity index (χ3v) is 3.06. The smallest absolute Gasteiger partial charge is 0.225 e. The van der Waals surface area contributed by atoms with Gasteiger partial charge in [0.2, 0.25) is 5.91 Å². The van der Waals surface area contributed by atoms with E-state index in [1.807, 2.05) is 31.2 Å². The molecule has 0 fully saturated rings. The number of nitrogens with one attached hydrogen (secondary N) is 1. The molecule has 0 aliphatic carbocycles. The van der Waals surface area contributed by atoms with Crippen LogP contribution >= 0.6 is 0 Å². The van der Waals surface area contributed by atoms with Crippen molar-refractivity contribution in [3.05, 3.63) is 24.3 Å². The summed E-state index contributed by atoms with van der Waals surface area (Å²) in [4.78, 5) is 14.0. The monoisotopic (exact) mass is 278 g/mol. The Morgan fingerprint density at radius 2 is 1.90 bits per heavy atom. The van der Waals surface area contributed by atoms with Crippen LogP contribution < -0.4 is 10.1 Å². The molecule has 1 rings (SSSR count). The Bertz CT molecular complexity index is 390. The Labute approximate surface area is 122 Å². The molecule has 112 valence electrons. The highest BCUT2D eigenvalue weighted by atomic mass is 16.5. The molecule has 0 heterocycles. The van der Waals surface area contributed by atoms with E-state index < -0.39 is 0 Å². The molecule has 0 aliphatic heterocycles. The second-order valence-corrected chi connectivity index (χ2v) is 4.91. The van der Waals surface area contributed by atoms with E-state index in [4.69, 9.17) is 4.74 Å². The lowest BCUT2D eigenvalue weighted by Gasteiger charge is -2.15. The zero-order valence-corrected chi connectivity index (χ0v) is 12.8. The molecule has 0 bridgehead atoms. The maximum atomic E-state index is 11.8. The summed E-state index contributed by atoms with van der Waals surface area (Å²) in [6, 6.07) is 7.46. The maximum absolute atomic E-state index is 11.8. The van der Waals surface area contributed by atoms with Gasteiger partial charge in [-0.3, -0.25) is 4.79 Å². The number of unbranched alkanes of at least 4 members (excludes halogenated alkanes) is 1. The summed E-state index contributed by atoms with van der Waals surface area (Å²) in [5.41, 5.74) is 0.815. The number of anilines is 1. The molecule has 1 aromatic rings. The fraction of sp³-hybridized carbons (Fsp3) is 0.562. The van der Waals surface area contributed by atoms with Gasteiger partial charge < -0.3 is 15.0 Å². The zero-order chi connectivity index (χ0) is 14.8. The van der Waals surface area contributed by atoms with E-state index in [2.05, 4.69) is 24.2 Å². The number of amides is 1. The summed E-state index contributed by atoms with van der Waals surface area (Å²) >= 11 is 0. The lowest BCUT2D eigenvalue weighted by atomic mass is 10.2. The van der Waals surface area contributed by atoms with Crippen LogP contribution in [0, 0.1) is 0 Å². The summed E-state index contributed by atoms with van der Waals surface area (Å²) < 4.78 is 5.36. The lowest BCUT2D eigenvalue weighted by molar-refractivity contribution is -0.116. The van der Waals surface area contributed by atoms with Crippen LogP contribution in [0.1, 0.15) is 33.1 Å². The van der Waals surface area contributed by atoms with Crippen LogP contribution in [0.15, 0.2) is 24.3 Å². The van der Waals surface area contributed by atoms with E-state index in [0.717, 1.165) is 24.5 Å². The van der Waals surface area contributed by atoms with Crippen LogP contribution in [0.5, 0.6) is 5.75 Å². The normalized spacial score (nSPS) is 10.6. The van der Waals surface area contributed by atoms with Crippen molar-refractivity contribution in [2.45, 2.75) is 33.1 Å². The van der Waals surface area contributed by atoms with Gasteiger partial charge in [0, 0.05) is 18.7 Å². The molecule has 0 saturated carbocycles. The summed E-state index contributed by atoms with van der Waals surface area (Å²) in [6.07, 6.45) is 2.88. The molecule has 0 aromatic heterocycles. The van der Waals surface area contributed by atoms with E-state index in [0.29, 0.717) is 13.0 Å². The topological polar surface area (TPSA) is 41.6 Å². The van der Waals surface area contributed by atoms with Gasteiger partial charge in [0.25, 0.3) is 0 Å². The maximum Gasteiger partial charge on any atom is 0.225 e. The minimum atomic E-state index is 0.0532. The molecule has 0 aliphatic rings. The van der Waals surface area contributed by atoms with Gasteiger partial charge in [-0.2, -0.15) is 0 Å². The number of carbonyl (C=O) groups excluding carboxylic acids is 1. The van der Waals surface area contributed by atoms with Crippen LogP contribution in [0.4, 0.5) is 5.69 Å². The average Bonchev–Trinajstić information content (AvgIpc) is 2.45. The first-order valence-corrected chi connectivity index (χ1v) is 7.37. The Balaban J connectivity index is 2.31. The highest BCUT2D eigenvalue weighted by Crippen LogP contribution is 2.15. The van der Waals surface area contributed by atoms with Gasteiger partial charge in [0.15, 0.2) is 0 Å². The Morgan fingerprint density at radius 1 is 1.20 bits per heavy atom. The predicted octanol–water partition coefficient (Wildman–Crippen LogP) is 3.15. The molecule has 4 nitrogen and oxygen atoms in total. The first-order chi connectivity index (χ1) is 9.65. The molecular weight excluding hydrogens is 252 g/mol. The summed E-state index contributed by atoms with van der Waals surface area (Å²) in [7, 11) is 2.06. The van der Waals surface area contributed by atoms with Crippen LogP contribution in [0.3, 0.4) is 0 Å². The molecule has 0 spiro atoms. The van der Waals surface area contributed by atoms with Gasteiger partial charge in [-0.05, 0) is 51.2 Å². The van der Waals surface area contributed by atoms with E-state index in [9.17, 15) is 4.79 Å². The van der Waals surface area contributed by atoms with E-state index >= 15 is 0 Å². The number of carbonyl (C=O) groups is 1. The second kappa shape index (κ2) is 9.37. The molecule has 0 unspecified atom stereocenters. The van der Waals surface area contributed by atoms with Gasteiger partial charge in [-0.1, -0.05) is 13.3 Å². The highest BCUT2D eigenvalue weighted by Gasteiger charge is 2.05. The van der Waals surface area contributed by atoms with Crippen LogP contribution in [-0.2, 0) is 4.79 Å². The van der Waals surface area contributed by atoms with Crippen molar-refractivity contribution in [3.8, 4) is 5.75 Å². The van der Waals surface area contributed by atoms with Gasteiger partial charge in [-0.15, -0.1) is 0 Å². The Morgan fingerprint density at radius 3 is 2.50 bits per heavy atom. The van der Waals surface area contributed by atoms with Crippen molar-refractivity contribution in [1.29, 1.82) is 0 Å². The molecule has 1 N–H and O–H groups in total. The number of hydrogen-bond donors (Lipinski definition) is 1. The Kier molecular flexibility index (Phi) is 7.73. The number of rotatable bonds is 9. The molecular formula is C16H26N2O2. The minimum Gasteiger partial charge on any atom is -0.494 e. The summed E-state index contributed by atoms with van der Waals surface area (Å²) in [6.45, 7) is 6.61. The average molecular weight is 278 g/mol. The third kappa shape index (κ3) is 6.57. The summed E-state index contributed by atoms with van der Waals surface area (Å²) in [5.74, 6) is 0.877. The number of benzene rings is 1. The number of hydrogen-bond acceptors (Lipinski definition) is 3. The van der Waals surface area contributed by atoms with Crippen molar-refractivity contribution in [2.24, 2.45) is 0 Å². The van der Waals surface area contributed by atoms with E-state index in [-0.39, 0.29) is 5.91 Å². The highest BCUT2D eigenvalue weighted by molar-refractivity contribution is 5.90. The summed E-state index contributed by atoms with van der Waals surface area (Å²) in [5, 5.41) is 2.90. The first-order valence-electron chi connectivity index (χ1n) is 7.37. The van der Waals surface area contributed by atoms with Crippen LogP contribution in [-0.4, -0.2) is 37.6 Å². The molecule has 4 heteroatoms. The Hall–Kier alpha value is -1.55. The quantitative estimate of drug-likeness (QED) is 0.754. The van der Waals surface area contributed by atoms with Gasteiger partial charge in [-0.25, -0.2) is 0 Å². The second-order valence-electron chi connectivity index (χ2n) is 4.91. The number of nitrogens with zero attached hydrogens (tertiary/aromatic N) is 1. The minimum absolute atomic E-state index is 0.0532. The van der Waals surface area contributed by atoms with Crippen molar-refractivity contribution in [2.75, 3.05) is 32.1 Å². The van der Waals surface area contributed by atoms with Crippen molar-refractivity contribution < 1.29 is 9.53 Å². The molecule has 1 amide bonds. The predicted molar refractivity (Wildman–Crippen MR) is 83.3 cm³/mol. The van der Waals surface area contributed by atoms with Crippen molar-refractivity contribution in [3.63, 3.8) is 0 Å². The fourth-order valence-corrected chi connectivity index (χ4v) is 1.86. The van der Waals surface area contributed by atoms with Crippen LogP contribution in [0.2, 0.25) is 0 Å². The fourth-order valence-electron chi connectivity index (χ4n) is 1.86. The van der Waals surface area contributed by atoms with Crippen molar-refractivity contribution in [1.82, 2.24) is 4.90 Å². The SMILES string of the molecule is CCCCN(C)CCC(=O)Nc1ccc(OCC)cc1. The van der Waals surface area contributed by atoms with Gasteiger partial charge in [0.1, 0.15) is 5.75 Å². The molecule has 0 radical (unpaired) electrons. The number of ether oxygens (including phenoxy) is 1. The first kappa shape index (κ1) is 16.5. The lowest BCUT2D eigenvalue weighted by Crippen LogP contribution is -2.25. The molecule has 0 atom stereocenters. The third-order valence-electron chi connectivity index (χ3n) is 3.06. The molecule has 1 aromatic carbocycles. The molecule has 20 heavy (non-hydrogen) atoms. The van der Waals surface area contributed by atoms with Gasteiger partial charge >= 0.3 is 0 Å². The standard InChI is InChI=1S/C16H26N2O2/c1-4-6-12-18(3)13-11-16(19)17-14-7-9-15(10-8-14)20-5-2/h7-10H,4-6,11-13H2,1-3H3,(H,17,19). The van der Waals surface area contributed by atoms with Gasteiger partial charge in [0.05, 0.1) is 6.61 Å². The van der Waals surface area contributed by atoms with E-state index in [1.165, 1.54) is 12.8 Å². The van der Waals surface area contributed by atoms with Crippen molar-refractivity contribution >= 4 is 11.6 Å². The zero-order valence-electron chi connectivity index (χ0n) is 12.8.